The first-order valence-electron chi connectivity index (χ1n) is 19.9. The first kappa shape index (κ1) is 44.2. The number of fused-ring (bicyclic) bond motifs is 5. The lowest BCUT2D eigenvalue weighted by molar-refractivity contribution is -0.311. The summed E-state index contributed by atoms with van der Waals surface area (Å²) in [7, 11) is 0. The van der Waals surface area contributed by atoms with E-state index in [1.54, 1.807) is 109 Å². The van der Waals surface area contributed by atoms with Crippen molar-refractivity contribution in [3.63, 3.8) is 0 Å². The summed E-state index contributed by atoms with van der Waals surface area (Å²) < 4.78 is 30.3. The third kappa shape index (κ3) is 7.74. The molecule has 4 aliphatic rings. The number of aliphatic hydroxyl groups is 2. The van der Waals surface area contributed by atoms with Gasteiger partial charge in [0.2, 0.25) is 0 Å². The molecule has 4 N–H and O–H groups in total. The summed E-state index contributed by atoms with van der Waals surface area (Å²) in [4.78, 5) is 82.8. The van der Waals surface area contributed by atoms with Crippen molar-refractivity contribution in [1.29, 1.82) is 0 Å². The molecule has 1 heterocycles. The number of Topliss-reactive ketones (excluding diaryl/α,β-unsaturated/α-hetero) is 1. The Balaban J connectivity index is 1.52. The minimum atomic E-state index is -2.30. The summed E-state index contributed by atoms with van der Waals surface area (Å²) in [5.41, 5.74) is -7.18. The van der Waals surface area contributed by atoms with E-state index in [0.717, 1.165) is 6.92 Å². The number of benzene rings is 2. The number of hydrogen-bond acceptors (Lipinski definition) is 13. The highest BCUT2D eigenvalue weighted by molar-refractivity contribution is 5.94. The molecule has 6 rings (SSSR count). The van der Waals surface area contributed by atoms with Crippen LogP contribution in [0.2, 0.25) is 0 Å². The van der Waals surface area contributed by atoms with Gasteiger partial charge in [0, 0.05) is 37.1 Å². The number of esters is 4. The number of carbonyl (C=O) groups is 6. The summed E-state index contributed by atoms with van der Waals surface area (Å²) in [5, 5.41) is 30.7. The van der Waals surface area contributed by atoms with Crippen LogP contribution in [0.5, 0.6) is 0 Å². The van der Waals surface area contributed by atoms with E-state index in [1.807, 2.05) is 0 Å². The molecule has 2 aromatic rings. The van der Waals surface area contributed by atoms with Crippen LogP contribution in [0, 0.1) is 22.7 Å². The zero-order valence-corrected chi connectivity index (χ0v) is 35.3. The van der Waals surface area contributed by atoms with E-state index in [-0.39, 0.29) is 23.5 Å². The number of aliphatic hydroxyl groups excluding tert-OH is 1. The summed E-state index contributed by atoms with van der Waals surface area (Å²) in [6.07, 6.45) is -3.69. The molecular formula is C45H54N2O13. The van der Waals surface area contributed by atoms with E-state index in [2.05, 4.69) is 10.6 Å². The summed E-state index contributed by atoms with van der Waals surface area (Å²) in [6.45, 7) is 13.7. The van der Waals surface area contributed by atoms with Crippen LogP contribution in [-0.4, -0.2) is 93.7 Å². The van der Waals surface area contributed by atoms with E-state index in [0.29, 0.717) is 5.56 Å². The number of carbonyl (C=O) groups excluding carboxylic acids is 6. The van der Waals surface area contributed by atoms with Crippen LogP contribution < -0.4 is 10.6 Å². The van der Waals surface area contributed by atoms with E-state index in [1.165, 1.54) is 19.1 Å². The Morgan fingerprint density at radius 3 is 2.08 bits per heavy atom. The van der Waals surface area contributed by atoms with Gasteiger partial charge in [-0.3, -0.25) is 14.4 Å². The molecule has 2 amide bonds. The Morgan fingerprint density at radius 1 is 0.917 bits per heavy atom. The molecule has 15 heteroatoms. The Bertz CT molecular complexity index is 2110. The number of rotatable bonds is 9. The molecule has 0 aromatic heterocycles. The van der Waals surface area contributed by atoms with Gasteiger partial charge in [-0.1, -0.05) is 74.5 Å². The second-order valence-electron chi connectivity index (χ2n) is 18.0. The lowest BCUT2D eigenvalue weighted by Crippen LogP contribution is -2.79. The number of ether oxygens (including phenoxy) is 5. The lowest BCUT2D eigenvalue weighted by Gasteiger charge is -2.65. The van der Waals surface area contributed by atoms with Gasteiger partial charge in [0.1, 0.15) is 23.6 Å². The third-order valence-electron chi connectivity index (χ3n) is 12.4. The van der Waals surface area contributed by atoms with Crippen molar-refractivity contribution >= 4 is 35.7 Å². The molecule has 0 spiro atoms. The first-order valence-corrected chi connectivity index (χ1v) is 19.9. The maximum absolute atomic E-state index is 15.4. The van der Waals surface area contributed by atoms with Crippen molar-refractivity contribution in [3.05, 3.63) is 95.3 Å². The molecule has 0 radical (unpaired) electrons. The average molecular weight is 833 g/mol. The topological polar surface area (TPSA) is 213 Å². The van der Waals surface area contributed by atoms with Crippen LogP contribution in [0.4, 0.5) is 4.79 Å². The molecule has 1 aliphatic heterocycles. The predicted molar refractivity (Wildman–Crippen MR) is 213 cm³/mol. The number of hydrogen-bond donors (Lipinski definition) is 4. The molecule has 322 valence electrons. The van der Waals surface area contributed by atoms with Gasteiger partial charge in [-0.15, -0.1) is 0 Å². The second-order valence-corrected chi connectivity index (χ2v) is 18.0. The predicted octanol–water partition coefficient (Wildman–Crippen LogP) is 4.41. The normalized spacial score (nSPS) is 31.3. The van der Waals surface area contributed by atoms with Crippen LogP contribution in [0.1, 0.15) is 90.7 Å². The second kappa shape index (κ2) is 15.9. The smallest absolute Gasteiger partial charge is 0.342 e. The highest BCUT2D eigenvalue weighted by atomic mass is 16.6. The summed E-state index contributed by atoms with van der Waals surface area (Å²) >= 11 is 0. The van der Waals surface area contributed by atoms with Crippen molar-refractivity contribution in [2.24, 2.45) is 22.7 Å². The number of urea groups is 1. The summed E-state index contributed by atoms with van der Waals surface area (Å²) in [5.74, 6) is -7.12. The lowest BCUT2D eigenvalue weighted by atomic mass is 9.45. The molecule has 2 fully saturated rings. The SMILES string of the molecule is CC(=O)O[C@H]1C(=O)[C@]2(C)C=C[C@H]3OC[C@@]3(OC(C)=O)C2[C@H](OC(=O)c2ccccc2)[C@]2(O)CC(OC(=O)[C@H](O)[C@@H](NC(=O)N[14C](C)(C)C)c3ccccc3)=C(C)C1C2(C)C. The third-order valence-corrected chi connectivity index (χ3v) is 12.4. The van der Waals surface area contributed by atoms with Crippen LogP contribution >= 0.6 is 0 Å². The van der Waals surface area contributed by atoms with E-state index in [9.17, 15) is 34.2 Å². The Morgan fingerprint density at radius 2 is 1.53 bits per heavy atom. The molecule has 2 unspecified atom stereocenters. The minimum absolute atomic E-state index is 0.116. The van der Waals surface area contributed by atoms with Crippen molar-refractivity contribution in [3.8, 4) is 0 Å². The Hall–Kier alpha value is -5.38. The van der Waals surface area contributed by atoms with E-state index >= 15 is 4.79 Å². The highest BCUT2D eigenvalue weighted by Crippen LogP contribution is 2.64. The van der Waals surface area contributed by atoms with E-state index in [4.69, 9.17) is 23.7 Å². The molecule has 3 aliphatic carbocycles. The fraction of sp³-hybridized carbons (Fsp3) is 0.511. The fourth-order valence-corrected chi connectivity index (χ4v) is 9.54. The maximum atomic E-state index is 15.4. The molecule has 2 aromatic carbocycles. The fourth-order valence-electron chi connectivity index (χ4n) is 9.54. The van der Waals surface area contributed by atoms with Crippen LogP contribution in [0.3, 0.4) is 0 Å². The van der Waals surface area contributed by atoms with Gasteiger partial charge in [-0.2, -0.15) is 0 Å². The quantitative estimate of drug-likeness (QED) is 0.157. The van der Waals surface area contributed by atoms with Crippen LogP contribution in [0.25, 0.3) is 0 Å². The molecule has 15 nitrogen and oxygen atoms in total. The van der Waals surface area contributed by atoms with Gasteiger partial charge in [-0.25, -0.2) is 14.4 Å². The number of allylic oxidation sites excluding steroid dienone is 1. The van der Waals surface area contributed by atoms with Gasteiger partial charge < -0.3 is 44.5 Å². The minimum Gasteiger partial charge on any atom is -0.455 e. The molecule has 2 bridgehead atoms. The molecule has 60 heavy (non-hydrogen) atoms. The average Bonchev–Trinajstić information content (AvgIpc) is 3.15. The highest BCUT2D eigenvalue weighted by Gasteiger charge is 2.76. The monoisotopic (exact) mass is 832 g/mol. The van der Waals surface area contributed by atoms with Crippen molar-refractivity contribution in [2.45, 2.75) is 116 Å². The van der Waals surface area contributed by atoms with E-state index < -0.39 is 112 Å². The van der Waals surface area contributed by atoms with Gasteiger partial charge in [0.25, 0.3) is 0 Å². The zero-order valence-electron chi connectivity index (χ0n) is 35.3. The van der Waals surface area contributed by atoms with Crippen LogP contribution in [-0.2, 0) is 42.9 Å². The van der Waals surface area contributed by atoms with Gasteiger partial charge in [0.15, 0.2) is 23.6 Å². The molecule has 10 atom stereocenters. The zero-order chi connectivity index (χ0) is 44.2. The largest absolute Gasteiger partial charge is 0.455 e. The van der Waals surface area contributed by atoms with Crippen molar-refractivity contribution < 1.29 is 62.7 Å². The maximum Gasteiger partial charge on any atom is 0.342 e. The molecule has 1 saturated carbocycles. The number of nitrogens with one attached hydrogen (secondary N) is 2. The first-order chi connectivity index (χ1) is 28.0. The van der Waals surface area contributed by atoms with Gasteiger partial charge in [0.05, 0.1) is 29.5 Å². The Kier molecular flexibility index (Phi) is 11.7. The molecule has 1 saturated heterocycles. The van der Waals surface area contributed by atoms with Gasteiger partial charge >= 0.3 is 29.9 Å². The molecular weight excluding hydrogens is 778 g/mol. The van der Waals surface area contributed by atoms with Crippen LogP contribution in [0.15, 0.2) is 84.1 Å². The van der Waals surface area contributed by atoms with Crippen molar-refractivity contribution in [2.75, 3.05) is 6.61 Å². The Labute approximate surface area is 348 Å². The summed E-state index contributed by atoms with van der Waals surface area (Å²) in [6, 6.07) is 14.3. The van der Waals surface area contributed by atoms with Gasteiger partial charge in [-0.05, 0) is 57.9 Å². The standard InChI is InChI=1S/C45H54N2O13/c1-24-29(58-39(53)33(50)32(27-16-12-10-13-17-27)46-40(54)47-41(4,5)6)22-45(55)37(59-38(52)28-18-14-11-15-19-28)35-43(9,21-20-30-44(35,23-56-30)60-26(3)49)36(51)34(57-25(2)48)31(24)42(45,7)8/h10-21,30-35,37,50,55H,22-23H2,1-9H3,(H2,46,47,54)/t30-,31?,32+,33-,34-,35?,37+,43-,44+,45-/m1/s1/i41+2. The van der Waals surface area contributed by atoms with Crippen molar-refractivity contribution in [1.82, 2.24) is 10.6 Å². The number of amides is 2. The number of ketones is 1.